The molecule has 0 saturated carbocycles. The fraction of sp³-hybridized carbons (Fsp3) is 0.533. The van der Waals surface area contributed by atoms with Crippen molar-refractivity contribution >= 4 is 5.69 Å². The van der Waals surface area contributed by atoms with Gasteiger partial charge in [0.05, 0.1) is 17.7 Å². The van der Waals surface area contributed by atoms with Crippen LogP contribution in [0.3, 0.4) is 0 Å². The Morgan fingerprint density at radius 3 is 2.83 bits per heavy atom. The van der Waals surface area contributed by atoms with Gasteiger partial charge in [-0.3, -0.25) is 0 Å². The van der Waals surface area contributed by atoms with Gasteiger partial charge in [-0.2, -0.15) is 5.26 Å². The van der Waals surface area contributed by atoms with Crippen LogP contribution in [0.5, 0.6) is 0 Å². The van der Waals surface area contributed by atoms with E-state index >= 15 is 0 Å². The van der Waals surface area contributed by atoms with Crippen molar-refractivity contribution in [2.24, 2.45) is 0 Å². The molecule has 1 fully saturated rings. The Balaban J connectivity index is 1.90. The normalized spacial score (nSPS) is 23.3. The molecule has 3 heteroatoms. The van der Waals surface area contributed by atoms with Crippen LogP contribution in [0.2, 0.25) is 0 Å². The van der Waals surface area contributed by atoms with Crippen LogP contribution in [0.4, 0.5) is 5.69 Å². The third-order valence-corrected chi connectivity index (χ3v) is 3.36. The first-order valence-corrected chi connectivity index (χ1v) is 6.70. The largest absolute Gasteiger partial charge is 0.382 e. The number of nitrogens with zero attached hydrogens (tertiary/aromatic N) is 1. The molecule has 1 aromatic rings. The van der Waals surface area contributed by atoms with Gasteiger partial charge < -0.3 is 10.1 Å². The molecule has 2 unspecified atom stereocenters. The minimum Gasteiger partial charge on any atom is -0.382 e. The van der Waals surface area contributed by atoms with Crippen LogP contribution in [0.15, 0.2) is 24.3 Å². The van der Waals surface area contributed by atoms with Gasteiger partial charge in [0, 0.05) is 18.3 Å². The summed E-state index contributed by atoms with van der Waals surface area (Å²) in [6.07, 6.45) is 4.85. The quantitative estimate of drug-likeness (QED) is 0.883. The van der Waals surface area contributed by atoms with Gasteiger partial charge in [-0.15, -0.1) is 0 Å². The molecule has 0 bridgehead atoms. The first-order valence-electron chi connectivity index (χ1n) is 6.70. The summed E-state index contributed by atoms with van der Waals surface area (Å²) in [5, 5.41) is 12.3. The van der Waals surface area contributed by atoms with E-state index in [2.05, 4.69) is 18.3 Å². The molecule has 1 heterocycles. The maximum atomic E-state index is 8.76. The number of benzene rings is 1. The molecule has 1 saturated heterocycles. The molecule has 18 heavy (non-hydrogen) atoms. The zero-order valence-corrected chi connectivity index (χ0v) is 10.9. The van der Waals surface area contributed by atoms with E-state index in [0.29, 0.717) is 17.7 Å². The lowest BCUT2D eigenvalue weighted by molar-refractivity contribution is 0.00598. The molecule has 0 aliphatic carbocycles. The van der Waals surface area contributed by atoms with Crippen molar-refractivity contribution < 1.29 is 4.74 Å². The van der Waals surface area contributed by atoms with Crippen molar-refractivity contribution in [2.45, 2.75) is 44.8 Å². The van der Waals surface area contributed by atoms with E-state index in [1.807, 2.05) is 24.3 Å². The Bertz CT molecular complexity index is 405. The number of nitrogens with one attached hydrogen (secondary N) is 1. The first-order chi connectivity index (χ1) is 8.81. The van der Waals surface area contributed by atoms with E-state index in [4.69, 9.17) is 10.00 Å². The van der Waals surface area contributed by atoms with Crippen LogP contribution >= 0.6 is 0 Å². The van der Waals surface area contributed by atoms with Crippen molar-refractivity contribution in [3.05, 3.63) is 29.8 Å². The molecule has 0 aromatic heterocycles. The molecule has 1 N–H and O–H groups in total. The summed E-state index contributed by atoms with van der Waals surface area (Å²) in [5.74, 6) is 0. The van der Waals surface area contributed by atoms with Gasteiger partial charge in [0.1, 0.15) is 0 Å². The molecule has 2 rings (SSSR count). The SMILES string of the molecule is CCCC1CC(Nc2ccc(C#N)cc2)CCO1. The second-order valence-electron chi connectivity index (χ2n) is 4.84. The minimum atomic E-state index is 0.402. The average molecular weight is 244 g/mol. The second-order valence-corrected chi connectivity index (χ2v) is 4.84. The van der Waals surface area contributed by atoms with Crippen molar-refractivity contribution in [3.63, 3.8) is 0 Å². The zero-order chi connectivity index (χ0) is 12.8. The second kappa shape index (κ2) is 6.42. The summed E-state index contributed by atoms with van der Waals surface area (Å²) in [6, 6.07) is 10.3. The highest BCUT2D eigenvalue weighted by Gasteiger charge is 2.21. The predicted molar refractivity (Wildman–Crippen MR) is 72.4 cm³/mol. The average Bonchev–Trinajstić information content (AvgIpc) is 2.40. The molecule has 0 amide bonds. The maximum Gasteiger partial charge on any atom is 0.0991 e. The van der Waals surface area contributed by atoms with Crippen LogP contribution in [0.1, 0.15) is 38.2 Å². The van der Waals surface area contributed by atoms with E-state index in [1.165, 1.54) is 6.42 Å². The highest BCUT2D eigenvalue weighted by atomic mass is 16.5. The van der Waals surface area contributed by atoms with E-state index in [9.17, 15) is 0 Å². The van der Waals surface area contributed by atoms with Crippen LogP contribution in [0.25, 0.3) is 0 Å². The monoisotopic (exact) mass is 244 g/mol. The molecule has 1 aromatic carbocycles. The van der Waals surface area contributed by atoms with E-state index < -0.39 is 0 Å². The Kier molecular flexibility index (Phi) is 4.60. The molecule has 0 spiro atoms. The number of hydrogen-bond donors (Lipinski definition) is 1. The summed E-state index contributed by atoms with van der Waals surface area (Å²) in [6.45, 7) is 3.04. The van der Waals surface area contributed by atoms with Gasteiger partial charge in [0.15, 0.2) is 0 Å². The number of nitriles is 1. The standard InChI is InChI=1S/C15H20N2O/c1-2-3-15-10-14(8-9-18-15)17-13-6-4-12(11-16)5-7-13/h4-7,14-15,17H,2-3,8-10H2,1H3. The molecule has 0 radical (unpaired) electrons. The van der Waals surface area contributed by atoms with Gasteiger partial charge in [0.2, 0.25) is 0 Å². The van der Waals surface area contributed by atoms with Crippen molar-refractivity contribution in [2.75, 3.05) is 11.9 Å². The minimum absolute atomic E-state index is 0.402. The Labute approximate surface area is 109 Å². The molecule has 1 aliphatic rings. The Morgan fingerprint density at radius 2 is 2.17 bits per heavy atom. The van der Waals surface area contributed by atoms with Crippen molar-refractivity contribution in [3.8, 4) is 6.07 Å². The van der Waals surface area contributed by atoms with Gasteiger partial charge in [-0.1, -0.05) is 13.3 Å². The number of rotatable bonds is 4. The van der Waals surface area contributed by atoms with E-state index in [0.717, 1.165) is 31.6 Å². The van der Waals surface area contributed by atoms with Gasteiger partial charge in [-0.05, 0) is 43.5 Å². The molecule has 2 atom stereocenters. The predicted octanol–water partition coefficient (Wildman–Crippen LogP) is 3.32. The Morgan fingerprint density at radius 1 is 1.39 bits per heavy atom. The zero-order valence-electron chi connectivity index (χ0n) is 10.9. The summed E-state index contributed by atoms with van der Waals surface area (Å²) < 4.78 is 5.74. The maximum absolute atomic E-state index is 8.76. The summed E-state index contributed by atoms with van der Waals surface area (Å²) in [7, 11) is 0. The summed E-state index contributed by atoms with van der Waals surface area (Å²) in [4.78, 5) is 0. The summed E-state index contributed by atoms with van der Waals surface area (Å²) >= 11 is 0. The smallest absolute Gasteiger partial charge is 0.0991 e. The fourth-order valence-electron chi connectivity index (χ4n) is 2.41. The van der Waals surface area contributed by atoms with Crippen molar-refractivity contribution in [1.29, 1.82) is 5.26 Å². The number of hydrogen-bond acceptors (Lipinski definition) is 3. The lowest BCUT2D eigenvalue weighted by Crippen LogP contribution is -2.33. The lowest BCUT2D eigenvalue weighted by atomic mass is 10.00. The van der Waals surface area contributed by atoms with E-state index in [1.54, 1.807) is 0 Å². The molecule has 96 valence electrons. The summed E-state index contributed by atoms with van der Waals surface area (Å²) in [5.41, 5.74) is 1.80. The van der Waals surface area contributed by atoms with Crippen LogP contribution < -0.4 is 5.32 Å². The first kappa shape index (κ1) is 12.9. The fourth-order valence-corrected chi connectivity index (χ4v) is 2.41. The molecular formula is C15H20N2O. The Hall–Kier alpha value is -1.53. The van der Waals surface area contributed by atoms with E-state index in [-0.39, 0.29) is 0 Å². The van der Waals surface area contributed by atoms with Gasteiger partial charge in [-0.25, -0.2) is 0 Å². The van der Waals surface area contributed by atoms with Gasteiger partial charge in [0.25, 0.3) is 0 Å². The highest BCUT2D eigenvalue weighted by Crippen LogP contribution is 2.21. The highest BCUT2D eigenvalue weighted by molar-refractivity contribution is 5.47. The molecule has 3 nitrogen and oxygen atoms in total. The van der Waals surface area contributed by atoms with Crippen LogP contribution in [-0.2, 0) is 4.74 Å². The molecular weight excluding hydrogens is 224 g/mol. The topological polar surface area (TPSA) is 45.0 Å². The van der Waals surface area contributed by atoms with Crippen molar-refractivity contribution in [1.82, 2.24) is 0 Å². The third-order valence-electron chi connectivity index (χ3n) is 3.36. The number of anilines is 1. The van der Waals surface area contributed by atoms with Gasteiger partial charge >= 0.3 is 0 Å². The van der Waals surface area contributed by atoms with Crippen LogP contribution in [0, 0.1) is 11.3 Å². The third kappa shape index (κ3) is 3.48. The molecule has 1 aliphatic heterocycles. The lowest BCUT2D eigenvalue weighted by Gasteiger charge is -2.30. The number of ether oxygens (including phenoxy) is 1. The van der Waals surface area contributed by atoms with Crippen LogP contribution in [-0.4, -0.2) is 18.8 Å².